The van der Waals surface area contributed by atoms with E-state index in [1.807, 2.05) is 0 Å². The van der Waals surface area contributed by atoms with Crippen molar-refractivity contribution in [1.29, 1.82) is 0 Å². The van der Waals surface area contributed by atoms with Gasteiger partial charge in [0.2, 0.25) is 0 Å². The molecule has 0 aliphatic carbocycles. The Morgan fingerprint density at radius 3 is 2.67 bits per heavy atom. The third kappa shape index (κ3) is 2.46. The third-order valence-electron chi connectivity index (χ3n) is 3.06. The fourth-order valence-electron chi connectivity index (χ4n) is 2.13. The summed E-state index contributed by atoms with van der Waals surface area (Å²) < 4.78 is 29.8. The fourth-order valence-corrected chi connectivity index (χ4v) is 2.59. The van der Waals surface area contributed by atoms with Gasteiger partial charge in [-0.3, -0.25) is 4.98 Å². The molecule has 0 saturated carbocycles. The number of aromatic nitrogens is 4. The van der Waals surface area contributed by atoms with Gasteiger partial charge in [0, 0.05) is 18.0 Å². The van der Waals surface area contributed by atoms with Crippen molar-refractivity contribution in [2.75, 3.05) is 5.32 Å². The van der Waals surface area contributed by atoms with Crippen molar-refractivity contribution < 1.29 is 8.78 Å². The highest BCUT2D eigenvalue weighted by Gasteiger charge is 2.18. The van der Waals surface area contributed by atoms with Gasteiger partial charge in [-0.05, 0) is 22.9 Å². The first-order chi connectivity index (χ1) is 10.1. The van der Waals surface area contributed by atoms with Crippen LogP contribution in [0.3, 0.4) is 0 Å². The molecule has 3 rings (SSSR count). The Labute approximate surface area is 127 Å². The Balaban J connectivity index is 2.00. The van der Waals surface area contributed by atoms with E-state index in [9.17, 15) is 8.78 Å². The molecule has 0 aromatic carbocycles. The molecule has 0 aliphatic heterocycles. The van der Waals surface area contributed by atoms with Crippen LogP contribution in [0.4, 0.5) is 14.6 Å². The lowest BCUT2D eigenvalue weighted by Gasteiger charge is -2.16. The van der Waals surface area contributed by atoms with Gasteiger partial charge in [0.15, 0.2) is 5.82 Å². The van der Waals surface area contributed by atoms with Crippen LogP contribution in [-0.2, 0) is 0 Å². The Morgan fingerprint density at radius 2 is 1.95 bits per heavy atom. The highest BCUT2D eigenvalue weighted by Crippen LogP contribution is 2.28. The molecule has 8 heteroatoms. The van der Waals surface area contributed by atoms with E-state index in [-0.39, 0.29) is 5.56 Å². The topological polar surface area (TPSA) is 55.1 Å². The standard InChI is InChI=1S/C13H10BrF2N5/c1-7(11-9(15)5-17-6-10(11)16)20-13-12-8(14)4-19-21(12)3-2-18-13/h2-7H,1H3,(H,18,20). The molecule has 0 aliphatic rings. The monoisotopic (exact) mass is 353 g/mol. The molecule has 0 bridgehead atoms. The smallest absolute Gasteiger partial charge is 0.153 e. The van der Waals surface area contributed by atoms with Gasteiger partial charge in [0.05, 0.1) is 29.1 Å². The van der Waals surface area contributed by atoms with E-state index in [0.29, 0.717) is 11.3 Å². The van der Waals surface area contributed by atoms with Crippen LogP contribution < -0.4 is 5.32 Å². The number of hydrogen-bond donors (Lipinski definition) is 1. The van der Waals surface area contributed by atoms with Gasteiger partial charge in [0.1, 0.15) is 17.2 Å². The normalized spacial score (nSPS) is 12.6. The van der Waals surface area contributed by atoms with Crippen molar-refractivity contribution in [3.8, 4) is 0 Å². The summed E-state index contributed by atoms with van der Waals surface area (Å²) in [5, 5.41) is 7.13. The lowest BCUT2D eigenvalue weighted by molar-refractivity contribution is 0.534. The van der Waals surface area contributed by atoms with Gasteiger partial charge >= 0.3 is 0 Å². The van der Waals surface area contributed by atoms with Crippen molar-refractivity contribution in [2.24, 2.45) is 0 Å². The number of hydrogen-bond acceptors (Lipinski definition) is 4. The molecular formula is C13H10BrF2N5. The maximum Gasteiger partial charge on any atom is 0.153 e. The fraction of sp³-hybridized carbons (Fsp3) is 0.154. The maximum absolute atomic E-state index is 13.7. The molecule has 3 aromatic heterocycles. The highest BCUT2D eigenvalue weighted by molar-refractivity contribution is 9.10. The van der Waals surface area contributed by atoms with E-state index in [1.165, 1.54) is 0 Å². The van der Waals surface area contributed by atoms with Gasteiger partial charge in [-0.15, -0.1) is 0 Å². The Bertz CT molecular complexity index is 784. The van der Waals surface area contributed by atoms with Crippen molar-refractivity contribution in [3.63, 3.8) is 0 Å². The molecule has 1 atom stereocenters. The minimum absolute atomic E-state index is 0.0792. The molecule has 1 N–H and O–H groups in total. The van der Waals surface area contributed by atoms with Crippen LogP contribution in [0.25, 0.3) is 5.52 Å². The predicted octanol–water partition coefficient (Wildman–Crippen LogP) is 3.34. The molecule has 3 aromatic rings. The average Bonchev–Trinajstić information content (AvgIpc) is 2.81. The van der Waals surface area contributed by atoms with E-state index in [1.54, 1.807) is 30.0 Å². The molecule has 3 heterocycles. The van der Waals surface area contributed by atoms with Crippen molar-refractivity contribution in [1.82, 2.24) is 19.6 Å². The van der Waals surface area contributed by atoms with E-state index in [4.69, 9.17) is 0 Å². The molecule has 1 unspecified atom stereocenters. The zero-order valence-electron chi connectivity index (χ0n) is 10.9. The Hall–Kier alpha value is -2.09. The molecule has 108 valence electrons. The van der Waals surface area contributed by atoms with Crippen molar-refractivity contribution >= 4 is 27.3 Å². The molecule has 0 saturated heterocycles. The van der Waals surface area contributed by atoms with Gasteiger partial charge in [-0.2, -0.15) is 5.10 Å². The maximum atomic E-state index is 13.7. The second kappa shape index (κ2) is 5.36. The Morgan fingerprint density at radius 1 is 1.24 bits per heavy atom. The molecule has 0 spiro atoms. The molecule has 5 nitrogen and oxygen atoms in total. The van der Waals surface area contributed by atoms with Gasteiger partial charge in [0.25, 0.3) is 0 Å². The van der Waals surface area contributed by atoms with Crippen molar-refractivity contribution in [2.45, 2.75) is 13.0 Å². The summed E-state index contributed by atoms with van der Waals surface area (Å²) in [6.07, 6.45) is 6.84. The van der Waals surface area contributed by atoms with Gasteiger partial charge in [-0.25, -0.2) is 18.3 Å². The largest absolute Gasteiger partial charge is 0.362 e. The summed E-state index contributed by atoms with van der Waals surface area (Å²) >= 11 is 3.37. The number of fused-ring (bicyclic) bond motifs is 1. The average molecular weight is 354 g/mol. The summed E-state index contributed by atoms with van der Waals surface area (Å²) in [6, 6.07) is -0.617. The van der Waals surface area contributed by atoms with Gasteiger partial charge in [-0.1, -0.05) is 0 Å². The van der Waals surface area contributed by atoms with Crippen LogP contribution in [0.1, 0.15) is 18.5 Å². The number of anilines is 1. The van der Waals surface area contributed by atoms with E-state index in [0.717, 1.165) is 16.9 Å². The zero-order chi connectivity index (χ0) is 15.0. The first-order valence-electron chi connectivity index (χ1n) is 6.11. The van der Waals surface area contributed by atoms with Gasteiger partial charge < -0.3 is 5.32 Å². The van der Waals surface area contributed by atoms with E-state index in [2.05, 4.69) is 36.3 Å². The number of nitrogens with one attached hydrogen (secondary N) is 1. The van der Waals surface area contributed by atoms with Crippen LogP contribution >= 0.6 is 15.9 Å². The summed E-state index contributed by atoms with van der Waals surface area (Å²) in [6.45, 7) is 1.65. The summed E-state index contributed by atoms with van der Waals surface area (Å²) in [5.41, 5.74) is 0.615. The minimum atomic E-state index is -0.700. The number of halogens is 3. The second-order valence-corrected chi connectivity index (χ2v) is 5.30. The van der Waals surface area contributed by atoms with Crippen LogP contribution in [-0.4, -0.2) is 19.6 Å². The third-order valence-corrected chi connectivity index (χ3v) is 3.64. The van der Waals surface area contributed by atoms with Crippen molar-refractivity contribution in [3.05, 3.63) is 52.7 Å². The van der Waals surface area contributed by atoms with Crippen LogP contribution in [0.2, 0.25) is 0 Å². The minimum Gasteiger partial charge on any atom is -0.362 e. The zero-order valence-corrected chi connectivity index (χ0v) is 12.5. The molecule has 0 fully saturated rings. The Kier molecular flexibility index (Phi) is 3.54. The predicted molar refractivity (Wildman–Crippen MR) is 76.9 cm³/mol. The molecular weight excluding hydrogens is 344 g/mol. The summed E-state index contributed by atoms with van der Waals surface area (Å²) in [4.78, 5) is 7.68. The molecule has 0 amide bonds. The quantitative estimate of drug-likeness (QED) is 0.784. The number of pyridine rings is 1. The van der Waals surface area contributed by atoms with Crippen LogP contribution in [0.5, 0.6) is 0 Å². The van der Waals surface area contributed by atoms with Crippen LogP contribution in [0, 0.1) is 11.6 Å². The SMILES string of the molecule is CC(Nc1nccn2ncc(Br)c12)c1c(F)cncc1F. The van der Waals surface area contributed by atoms with Crippen LogP contribution in [0.15, 0.2) is 35.5 Å². The highest BCUT2D eigenvalue weighted by atomic mass is 79.9. The molecule has 21 heavy (non-hydrogen) atoms. The first kappa shape index (κ1) is 13.9. The second-order valence-electron chi connectivity index (χ2n) is 4.44. The first-order valence-corrected chi connectivity index (χ1v) is 6.90. The van der Waals surface area contributed by atoms with E-state index < -0.39 is 17.7 Å². The number of rotatable bonds is 3. The summed E-state index contributed by atoms with van der Waals surface area (Å²) in [5.74, 6) is -0.922. The summed E-state index contributed by atoms with van der Waals surface area (Å²) in [7, 11) is 0. The number of nitrogens with zero attached hydrogens (tertiary/aromatic N) is 4. The molecule has 0 radical (unpaired) electrons. The van der Waals surface area contributed by atoms with E-state index >= 15 is 0 Å². The lowest BCUT2D eigenvalue weighted by Crippen LogP contribution is -2.13. The lowest BCUT2D eigenvalue weighted by atomic mass is 10.1.